The van der Waals surface area contributed by atoms with Crippen LogP contribution in [-0.4, -0.2) is 4.98 Å². The fourth-order valence-corrected chi connectivity index (χ4v) is 3.28. The molecule has 2 heteroatoms. The number of para-hydroxylation sites is 2. The Bertz CT molecular complexity index is 1210. The lowest BCUT2D eigenvalue weighted by Gasteiger charge is -2.11. The van der Waals surface area contributed by atoms with Crippen molar-refractivity contribution in [3.63, 3.8) is 0 Å². The molecule has 0 N–H and O–H groups in total. The van der Waals surface area contributed by atoms with Crippen LogP contribution in [0.25, 0.3) is 32.6 Å². The van der Waals surface area contributed by atoms with Gasteiger partial charge in [-0.05, 0) is 35.7 Å². The molecule has 25 heavy (non-hydrogen) atoms. The molecule has 0 amide bonds. The van der Waals surface area contributed by atoms with Gasteiger partial charge in [-0.3, -0.25) is 0 Å². The summed E-state index contributed by atoms with van der Waals surface area (Å²) in [5.41, 5.74) is 1.97. The summed E-state index contributed by atoms with van der Waals surface area (Å²) in [5, 5.41) is 4.45. The first kappa shape index (κ1) is 14.0. The second kappa shape index (κ2) is 5.60. The number of ether oxygens (including phenoxy) is 1. The second-order valence-corrected chi connectivity index (χ2v) is 6.09. The van der Waals surface area contributed by atoms with Crippen molar-refractivity contribution < 1.29 is 4.74 Å². The Balaban J connectivity index is 1.82. The van der Waals surface area contributed by atoms with E-state index in [1.807, 2.05) is 60.7 Å². The van der Waals surface area contributed by atoms with Crippen LogP contribution in [0.1, 0.15) is 0 Å². The van der Waals surface area contributed by atoms with Crippen molar-refractivity contribution in [3.8, 4) is 11.5 Å². The highest BCUT2D eigenvalue weighted by Gasteiger charge is 2.10. The Hall–Kier alpha value is -3.39. The largest absolute Gasteiger partial charge is 0.457 e. The standard InChI is InChI=1S/C23H15NO/c1-2-9-19(10-3-1)25-21-12-6-8-16-13-14-18-15-17-7-4-5-11-20(17)24-23(18)22(16)21/h1-15H. The lowest BCUT2D eigenvalue weighted by Crippen LogP contribution is -1.89. The van der Waals surface area contributed by atoms with E-state index in [-0.39, 0.29) is 0 Å². The maximum absolute atomic E-state index is 6.17. The number of hydrogen-bond acceptors (Lipinski definition) is 2. The smallest absolute Gasteiger partial charge is 0.137 e. The van der Waals surface area contributed by atoms with E-state index in [9.17, 15) is 0 Å². The van der Waals surface area contributed by atoms with Gasteiger partial charge in [-0.2, -0.15) is 0 Å². The molecular formula is C23H15NO. The summed E-state index contributed by atoms with van der Waals surface area (Å²) < 4.78 is 6.17. The zero-order valence-corrected chi connectivity index (χ0v) is 13.5. The van der Waals surface area contributed by atoms with Crippen LogP contribution in [0.4, 0.5) is 0 Å². The van der Waals surface area contributed by atoms with Crippen molar-refractivity contribution in [2.24, 2.45) is 0 Å². The number of aromatic nitrogens is 1. The van der Waals surface area contributed by atoms with Crippen molar-refractivity contribution in [3.05, 3.63) is 91.0 Å². The number of hydrogen-bond donors (Lipinski definition) is 0. The highest BCUT2D eigenvalue weighted by Crippen LogP contribution is 2.35. The molecule has 0 aliphatic rings. The van der Waals surface area contributed by atoms with E-state index in [0.717, 1.165) is 44.1 Å². The van der Waals surface area contributed by atoms with E-state index in [1.54, 1.807) is 0 Å². The zero-order chi connectivity index (χ0) is 16.6. The van der Waals surface area contributed by atoms with Gasteiger partial charge in [-0.1, -0.05) is 60.7 Å². The quantitative estimate of drug-likeness (QED) is 0.280. The summed E-state index contributed by atoms with van der Waals surface area (Å²) in [5.74, 6) is 1.66. The van der Waals surface area contributed by atoms with Gasteiger partial charge >= 0.3 is 0 Å². The SMILES string of the molecule is c1ccc(Oc2cccc3ccc4cc5ccccc5nc4c23)cc1. The highest BCUT2D eigenvalue weighted by molar-refractivity contribution is 6.11. The molecule has 4 aromatic carbocycles. The number of fused-ring (bicyclic) bond motifs is 4. The molecule has 0 radical (unpaired) electrons. The Labute approximate surface area is 145 Å². The van der Waals surface area contributed by atoms with Crippen LogP contribution < -0.4 is 4.74 Å². The molecular weight excluding hydrogens is 306 g/mol. The second-order valence-electron chi connectivity index (χ2n) is 6.09. The third-order valence-electron chi connectivity index (χ3n) is 4.46. The molecule has 1 aromatic heterocycles. The first-order chi connectivity index (χ1) is 12.4. The van der Waals surface area contributed by atoms with E-state index >= 15 is 0 Å². The minimum atomic E-state index is 0.827. The summed E-state index contributed by atoms with van der Waals surface area (Å²) in [6, 6.07) is 30.7. The molecule has 0 fully saturated rings. The van der Waals surface area contributed by atoms with E-state index < -0.39 is 0 Å². The van der Waals surface area contributed by atoms with Crippen LogP contribution in [-0.2, 0) is 0 Å². The Morgan fingerprint density at radius 2 is 1.36 bits per heavy atom. The molecule has 2 nitrogen and oxygen atoms in total. The molecule has 0 unspecified atom stereocenters. The third-order valence-corrected chi connectivity index (χ3v) is 4.46. The van der Waals surface area contributed by atoms with Crippen molar-refractivity contribution in [1.82, 2.24) is 4.98 Å². The van der Waals surface area contributed by atoms with Crippen LogP contribution >= 0.6 is 0 Å². The Morgan fingerprint density at radius 3 is 2.28 bits per heavy atom. The summed E-state index contributed by atoms with van der Waals surface area (Å²) in [6.07, 6.45) is 0. The predicted molar refractivity (Wildman–Crippen MR) is 103 cm³/mol. The third kappa shape index (κ3) is 2.39. The van der Waals surface area contributed by atoms with E-state index in [1.165, 1.54) is 0 Å². The number of benzene rings is 4. The molecule has 5 rings (SSSR count). The topological polar surface area (TPSA) is 22.1 Å². The minimum Gasteiger partial charge on any atom is -0.457 e. The van der Waals surface area contributed by atoms with E-state index in [2.05, 4.69) is 30.3 Å². The Kier molecular flexibility index (Phi) is 3.14. The Morgan fingerprint density at radius 1 is 0.600 bits per heavy atom. The van der Waals surface area contributed by atoms with Gasteiger partial charge in [0, 0.05) is 10.8 Å². The molecule has 0 bridgehead atoms. The minimum absolute atomic E-state index is 0.827. The average molecular weight is 321 g/mol. The molecule has 1 heterocycles. The number of pyridine rings is 1. The van der Waals surface area contributed by atoms with Crippen molar-refractivity contribution >= 4 is 32.6 Å². The van der Waals surface area contributed by atoms with Gasteiger partial charge in [0.2, 0.25) is 0 Å². The first-order valence-electron chi connectivity index (χ1n) is 8.33. The maximum atomic E-state index is 6.17. The van der Waals surface area contributed by atoms with E-state index in [4.69, 9.17) is 9.72 Å². The van der Waals surface area contributed by atoms with Gasteiger partial charge < -0.3 is 4.74 Å². The van der Waals surface area contributed by atoms with Crippen LogP contribution in [0.3, 0.4) is 0 Å². The molecule has 0 aliphatic carbocycles. The molecule has 5 aromatic rings. The average Bonchev–Trinajstić information content (AvgIpc) is 2.67. The van der Waals surface area contributed by atoms with Gasteiger partial charge in [0.25, 0.3) is 0 Å². The van der Waals surface area contributed by atoms with Crippen LogP contribution in [0.5, 0.6) is 11.5 Å². The molecule has 0 atom stereocenters. The van der Waals surface area contributed by atoms with Gasteiger partial charge in [-0.15, -0.1) is 0 Å². The lowest BCUT2D eigenvalue weighted by atomic mass is 10.0. The van der Waals surface area contributed by atoms with Gasteiger partial charge in [-0.25, -0.2) is 4.98 Å². The zero-order valence-electron chi connectivity index (χ0n) is 13.5. The maximum Gasteiger partial charge on any atom is 0.137 e. The van der Waals surface area contributed by atoms with Crippen molar-refractivity contribution in [2.45, 2.75) is 0 Å². The van der Waals surface area contributed by atoms with Crippen molar-refractivity contribution in [1.29, 1.82) is 0 Å². The predicted octanol–water partition coefficient (Wildman–Crippen LogP) is 6.33. The molecule has 0 saturated heterocycles. The van der Waals surface area contributed by atoms with Crippen LogP contribution in [0, 0.1) is 0 Å². The fraction of sp³-hybridized carbons (Fsp3) is 0. The van der Waals surface area contributed by atoms with Gasteiger partial charge in [0.15, 0.2) is 0 Å². The number of rotatable bonds is 2. The summed E-state index contributed by atoms with van der Waals surface area (Å²) in [6.45, 7) is 0. The number of nitrogens with zero attached hydrogens (tertiary/aromatic N) is 1. The molecule has 0 aliphatic heterocycles. The van der Waals surface area contributed by atoms with Gasteiger partial charge in [0.1, 0.15) is 11.5 Å². The highest BCUT2D eigenvalue weighted by atomic mass is 16.5. The lowest BCUT2D eigenvalue weighted by molar-refractivity contribution is 0.488. The van der Waals surface area contributed by atoms with Crippen molar-refractivity contribution in [2.75, 3.05) is 0 Å². The normalized spacial score (nSPS) is 11.2. The van der Waals surface area contributed by atoms with Crippen LogP contribution in [0.2, 0.25) is 0 Å². The van der Waals surface area contributed by atoms with Gasteiger partial charge in [0.05, 0.1) is 16.4 Å². The molecule has 118 valence electrons. The first-order valence-corrected chi connectivity index (χ1v) is 8.33. The monoisotopic (exact) mass is 321 g/mol. The molecule has 0 spiro atoms. The summed E-state index contributed by atoms with van der Waals surface area (Å²) in [7, 11) is 0. The van der Waals surface area contributed by atoms with Crippen LogP contribution in [0.15, 0.2) is 91.0 Å². The van der Waals surface area contributed by atoms with E-state index in [0.29, 0.717) is 0 Å². The molecule has 0 saturated carbocycles. The fourth-order valence-electron chi connectivity index (χ4n) is 3.28. The summed E-state index contributed by atoms with van der Waals surface area (Å²) in [4.78, 5) is 4.93. The summed E-state index contributed by atoms with van der Waals surface area (Å²) >= 11 is 0.